The number of nitrogens with zero attached hydrogens (tertiary/aromatic N) is 1. The first kappa shape index (κ1) is 14.4. The molecule has 0 aliphatic carbocycles. The van der Waals surface area contributed by atoms with Crippen LogP contribution in [0.25, 0.3) is 0 Å². The molecule has 0 amide bonds. The van der Waals surface area contributed by atoms with Gasteiger partial charge in [-0.1, -0.05) is 0 Å². The molecule has 1 fully saturated rings. The molecular weight excluding hydrogens is 246 g/mol. The number of esters is 1. The van der Waals surface area contributed by atoms with Crippen LogP contribution in [0.15, 0.2) is 0 Å². The molecule has 1 unspecified atom stereocenters. The summed E-state index contributed by atoms with van der Waals surface area (Å²) < 4.78 is 28.2. The van der Waals surface area contributed by atoms with E-state index < -0.39 is 21.6 Å². The lowest BCUT2D eigenvalue weighted by Gasteiger charge is -2.35. The van der Waals surface area contributed by atoms with Gasteiger partial charge in [0, 0.05) is 13.0 Å². The Hall–Kier alpha value is -0.660. The molecule has 1 atom stereocenters. The molecule has 1 rings (SSSR count). The molecule has 1 N–H and O–H groups in total. The van der Waals surface area contributed by atoms with Crippen molar-refractivity contribution in [1.82, 2.24) is 4.31 Å². The number of rotatable bonds is 4. The zero-order chi connectivity index (χ0) is 13.1. The highest BCUT2D eigenvalue weighted by Crippen LogP contribution is 2.29. The topological polar surface area (TPSA) is 83.9 Å². The fourth-order valence-electron chi connectivity index (χ4n) is 1.63. The van der Waals surface area contributed by atoms with Crippen molar-refractivity contribution in [2.45, 2.75) is 31.8 Å². The third kappa shape index (κ3) is 4.25. The van der Waals surface area contributed by atoms with E-state index in [1.165, 1.54) is 0 Å². The third-order valence-corrected chi connectivity index (χ3v) is 3.66. The molecule has 0 aromatic carbocycles. The lowest BCUT2D eigenvalue weighted by molar-refractivity contribution is -0.149. The zero-order valence-electron chi connectivity index (χ0n) is 9.97. The summed E-state index contributed by atoms with van der Waals surface area (Å²) in [5.41, 5.74) is -1.24. The van der Waals surface area contributed by atoms with Crippen LogP contribution < -0.4 is 0 Å². The number of ether oxygens (including phenoxy) is 1. The van der Waals surface area contributed by atoms with Crippen molar-refractivity contribution in [3.05, 3.63) is 6.54 Å². The Morgan fingerprint density at radius 2 is 2.24 bits per heavy atom. The van der Waals surface area contributed by atoms with Crippen LogP contribution in [0.2, 0.25) is 0 Å². The van der Waals surface area contributed by atoms with E-state index in [1.807, 2.05) is 0 Å². The molecule has 0 saturated carbocycles. The van der Waals surface area contributed by atoms with E-state index in [9.17, 15) is 18.3 Å². The minimum Gasteiger partial charge on any atom is -0.466 e. The van der Waals surface area contributed by atoms with Crippen molar-refractivity contribution in [2.75, 3.05) is 19.4 Å². The number of carbonyl (C=O) groups is 1. The molecule has 7 heteroatoms. The summed E-state index contributed by atoms with van der Waals surface area (Å²) in [5, 5.41) is 10.1. The maximum atomic E-state index is 11.3. The summed E-state index contributed by atoms with van der Waals surface area (Å²) in [6.45, 7) is 4.67. The van der Waals surface area contributed by atoms with Gasteiger partial charge in [-0.05, 0) is 13.3 Å². The molecule has 1 aliphatic rings. The van der Waals surface area contributed by atoms with Crippen molar-refractivity contribution in [3.63, 3.8) is 0 Å². The summed E-state index contributed by atoms with van der Waals surface area (Å²) >= 11 is 0. The standard InChI is InChI=1S/C10H17NO5S/c1-3-16-9(12)8-10(13)4-6-11(7-5-10)17(2,14)15/h13H,3-6,8H2,1-2H3. The second kappa shape index (κ2) is 5.32. The van der Waals surface area contributed by atoms with Crippen LogP contribution in [0.4, 0.5) is 0 Å². The maximum absolute atomic E-state index is 11.3. The summed E-state index contributed by atoms with van der Waals surface area (Å²) in [4.78, 5) is 11.3. The normalized spacial score (nSPS) is 21.1. The summed E-state index contributed by atoms with van der Waals surface area (Å²) in [6.07, 6.45) is 1.16. The second-order valence-corrected chi connectivity index (χ2v) is 6.03. The number of hydrogen-bond donors (Lipinski definition) is 1. The van der Waals surface area contributed by atoms with Gasteiger partial charge in [0.15, 0.2) is 0 Å². The van der Waals surface area contributed by atoms with Gasteiger partial charge in [0.2, 0.25) is 10.0 Å². The molecule has 0 aromatic rings. The summed E-state index contributed by atoms with van der Waals surface area (Å²) in [5.74, 6) is -0.482. The van der Waals surface area contributed by atoms with Crippen molar-refractivity contribution in [3.8, 4) is 0 Å². The fourth-order valence-corrected chi connectivity index (χ4v) is 2.35. The van der Waals surface area contributed by atoms with Crippen LogP contribution in [0.3, 0.4) is 0 Å². The van der Waals surface area contributed by atoms with Crippen molar-refractivity contribution in [1.29, 1.82) is 0 Å². The number of aliphatic hydroxyl groups is 1. The smallest absolute Gasteiger partial charge is 0.308 e. The third-order valence-electron chi connectivity index (χ3n) is 2.54. The fraction of sp³-hybridized carbons (Fsp3) is 0.800. The minimum atomic E-state index is -3.32. The minimum absolute atomic E-state index is 0.0128. The largest absolute Gasteiger partial charge is 0.466 e. The average molecular weight is 263 g/mol. The second-order valence-electron chi connectivity index (χ2n) is 4.13. The molecule has 1 aliphatic heterocycles. The predicted molar refractivity (Wildman–Crippen MR) is 60.2 cm³/mol. The Morgan fingerprint density at radius 3 is 2.65 bits per heavy atom. The average Bonchev–Trinajstić information content (AvgIpc) is 2.16. The van der Waals surface area contributed by atoms with Crippen LogP contribution in [0.5, 0.6) is 0 Å². The highest BCUT2D eigenvalue weighted by Gasteiger charge is 2.37. The first-order valence-electron chi connectivity index (χ1n) is 5.36. The lowest BCUT2D eigenvalue weighted by Crippen LogP contribution is -2.44. The monoisotopic (exact) mass is 263 g/mol. The first-order valence-corrected chi connectivity index (χ1v) is 7.21. The van der Waals surface area contributed by atoms with Gasteiger partial charge in [-0.3, -0.25) is 4.79 Å². The van der Waals surface area contributed by atoms with Crippen LogP contribution >= 0.6 is 0 Å². The van der Waals surface area contributed by atoms with Gasteiger partial charge in [-0.2, -0.15) is 4.31 Å². The highest BCUT2D eigenvalue weighted by molar-refractivity contribution is 7.88. The van der Waals surface area contributed by atoms with Crippen molar-refractivity contribution < 1.29 is 23.1 Å². The molecule has 0 bridgehead atoms. The van der Waals surface area contributed by atoms with Crippen LogP contribution in [-0.4, -0.2) is 48.8 Å². The van der Waals surface area contributed by atoms with Gasteiger partial charge >= 0.3 is 5.97 Å². The number of carbonyl (C=O) groups excluding carboxylic acids is 1. The van der Waals surface area contributed by atoms with Crippen LogP contribution in [0.1, 0.15) is 26.2 Å². The number of hydrogen-bond acceptors (Lipinski definition) is 5. The molecule has 6 nitrogen and oxygen atoms in total. The Labute approximate surface area is 102 Å². The summed E-state index contributed by atoms with van der Waals surface area (Å²) in [7, 11) is -3.32. The number of piperidine rings is 1. The van der Waals surface area contributed by atoms with Gasteiger partial charge in [0.05, 0.1) is 31.4 Å². The van der Waals surface area contributed by atoms with Gasteiger partial charge < -0.3 is 9.84 Å². The Morgan fingerprint density at radius 1 is 1.59 bits per heavy atom. The van der Waals surface area contributed by atoms with E-state index in [0.717, 1.165) is 10.6 Å². The Bertz CT molecular complexity index is 370. The van der Waals surface area contributed by atoms with E-state index in [2.05, 4.69) is 6.54 Å². The van der Waals surface area contributed by atoms with Gasteiger partial charge in [0.1, 0.15) is 0 Å². The summed E-state index contributed by atoms with van der Waals surface area (Å²) in [6, 6.07) is 0. The molecule has 1 saturated heterocycles. The van der Waals surface area contributed by atoms with Crippen LogP contribution in [0, 0.1) is 6.54 Å². The lowest BCUT2D eigenvalue weighted by atomic mass is 9.89. The SMILES string of the molecule is CCOC(=O)CC1(O)C[C]N(S(C)(=O)=O)CC1. The maximum Gasteiger partial charge on any atom is 0.308 e. The molecule has 98 valence electrons. The van der Waals surface area contributed by atoms with Crippen LogP contribution in [-0.2, 0) is 19.6 Å². The molecular formula is C10H17NO5S. The Balaban J connectivity index is 2.52. The molecule has 0 spiro atoms. The van der Waals surface area contributed by atoms with E-state index in [4.69, 9.17) is 4.74 Å². The highest BCUT2D eigenvalue weighted by atomic mass is 32.2. The Kier molecular flexibility index (Phi) is 4.51. The van der Waals surface area contributed by atoms with Crippen molar-refractivity contribution >= 4 is 16.0 Å². The predicted octanol–water partition coefficient (Wildman–Crippen LogP) is -0.235. The quantitative estimate of drug-likeness (QED) is 0.708. The van der Waals surface area contributed by atoms with Gasteiger partial charge in [0.25, 0.3) is 0 Å². The number of sulfonamides is 1. The molecule has 1 heterocycles. The molecule has 2 radical (unpaired) electrons. The van der Waals surface area contributed by atoms with Crippen molar-refractivity contribution in [2.24, 2.45) is 0 Å². The van der Waals surface area contributed by atoms with Gasteiger partial charge in [-0.25, -0.2) is 8.42 Å². The zero-order valence-corrected chi connectivity index (χ0v) is 10.8. The van der Waals surface area contributed by atoms with E-state index >= 15 is 0 Å². The molecule has 17 heavy (non-hydrogen) atoms. The van der Waals surface area contributed by atoms with E-state index in [-0.39, 0.29) is 32.4 Å². The molecule has 0 aromatic heterocycles. The first-order chi connectivity index (χ1) is 7.77. The van der Waals surface area contributed by atoms with E-state index in [0.29, 0.717) is 0 Å². The van der Waals surface area contributed by atoms with Gasteiger partial charge in [-0.15, -0.1) is 0 Å². The van der Waals surface area contributed by atoms with E-state index in [1.54, 1.807) is 6.92 Å².